The van der Waals surface area contributed by atoms with Gasteiger partial charge in [-0.25, -0.2) is 0 Å². The number of aromatic nitrogens is 3. The van der Waals surface area contributed by atoms with Crippen molar-refractivity contribution in [2.75, 3.05) is 5.75 Å². The summed E-state index contributed by atoms with van der Waals surface area (Å²) in [7, 11) is 0. The van der Waals surface area contributed by atoms with E-state index in [1.54, 1.807) is 6.07 Å². The van der Waals surface area contributed by atoms with Crippen LogP contribution in [-0.4, -0.2) is 26.4 Å². The Hall–Kier alpha value is -3.59. The third-order valence-electron chi connectivity index (χ3n) is 5.48. The van der Waals surface area contributed by atoms with Crippen molar-refractivity contribution in [3.63, 3.8) is 0 Å². The van der Waals surface area contributed by atoms with Crippen molar-refractivity contribution < 1.29 is 18.0 Å². The van der Waals surface area contributed by atoms with Gasteiger partial charge in [-0.2, -0.15) is 13.2 Å². The van der Waals surface area contributed by atoms with Crippen LogP contribution in [0.3, 0.4) is 0 Å². The first kappa shape index (κ1) is 25.5. The lowest BCUT2D eigenvalue weighted by molar-refractivity contribution is -0.137. The molecule has 0 aliphatic carbocycles. The van der Waals surface area contributed by atoms with Crippen molar-refractivity contribution in [1.82, 2.24) is 20.1 Å². The molecule has 0 atom stereocenters. The molecule has 1 aromatic heterocycles. The van der Waals surface area contributed by atoms with E-state index in [9.17, 15) is 18.0 Å². The summed E-state index contributed by atoms with van der Waals surface area (Å²) in [6, 6.07) is 22.9. The molecule has 36 heavy (non-hydrogen) atoms. The Balaban J connectivity index is 1.35. The second kappa shape index (κ2) is 11.4. The summed E-state index contributed by atoms with van der Waals surface area (Å²) in [5.41, 5.74) is 2.74. The van der Waals surface area contributed by atoms with E-state index in [0.717, 1.165) is 39.9 Å². The molecule has 186 valence electrons. The van der Waals surface area contributed by atoms with Crippen molar-refractivity contribution in [2.45, 2.75) is 37.6 Å². The zero-order valence-corrected chi connectivity index (χ0v) is 20.4. The Morgan fingerprint density at radius 3 is 2.44 bits per heavy atom. The second-order valence-corrected chi connectivity index (χ2v) is 9.33. The van der Waals surface area contributed by atoms with Crippen LogP contribution in [-0.2, 0) is 17.5 Å². The molecule has 0 fully saturated rings. The zero-order chi connectivity index (χ0) is 25.5. The number of aryl methyl sites for hydroxylation is 1. The molecule has 0 aliphatic heterocycles. The van der Waals surface area contributed by atoms with Gasteiger partial charge in [0.2, 0.25) is 5.91 Å². The van der Waals surface area contributed by atoms with E-state index in [2.05, 4.69) is 15.5 Å². The lowest BCUT2D eigenvalue weighted by Gasteiger charge is -2.11. The second-order valence-electron chi connectivity index (χ2n) is 8.27. The molecule has 0 aliphatic rings. The van der Waals surface area contributed by atoms with Crippen molar-refractivity contribution in [1.29, 1.82) is 0 Å². The average Bonchev–Trinajstić information content (AvgIpc) is 3.30. The van der Waals surface area contributed by atoms with E-state index in [4.69, 9.17) is 0 Å². The first-order valence-corrected chi connectivity index (χ1v) is 12.4. The molecule has 0 radical (unpaired) electrons. The van der Waals surface area contributed by atoms with Gasteiger partial charge in [0.1, 0.15) is 0 Å². The molecule has 4 rings (SSSR count). The van der Waals surface area contributed by atoms with Crippen LogP contribution in [0, 0.1) is 6.92 Å². The fourth-order valence-electron chi connectivity index (χ4n) is 3.61. The van der Waals surface area contributed by atoms with Crippen molar-refractivity contribution >= 4 is 17.7 Å². The number of thioether (sulfide) groups is 1. The summed E-state index contributed by atoms with van der Waals surface area (Å²) in [5.74, 6) is 1.16. The van der Waals surface area contributed by atoms with Crippen LogP contribution in [0.1, 0.15) is 29.5 Å². The van der Waals surface area contributed by atoms with Crippen LogP contribution in [0.25, 0.3) is 17.1 Å². The van der Waals surface area contributed by atoms with E-state index >= 15 is 0 Å². The topological polar surface area (TPSA) is 59.8 Å². The zero-order valence-electron chi connectivity index (χ0n) is 19.6. The minimum Gasteiger partial charge on any atom is -0.352 e. The van der Waals surface area contributed by atoms with Gasteiger partial charge in [0.25, 0.3) is 0 Å². The molecule has 0 spiro atoms. The number of carbonyl (C=O) groups is 1. The molecular formula is C27H25F3N4OS. The molecule has 9 heteroatoms. The number of rotatable bonds is 9. The van der Waals surface area contributed by atoms with E-state index in [1.165, 1.54) is 17.8 Å². The lowest BCUT2D eigenvalue weighted by Crippen LogP contribution is -2.22. The van der Waals surface area contributed by atoms with Gasteiger partial charge in [-0.3, -0.25) is 9.36 Å². The minimum atomic E-state index is -4.41. The monoisotopic (exact) mass is 510 g/mol. The van der Waals surface area contributed by atoms with Gasteiger partial charge in [-0.1, -0.05) is 71.9 Å². The Bertz CT molecular complexity index is 1300. The number of hydrogen-bond acceptors (Lipinski definition) is 4. The maximum absolute atomic E-state index is 12.9. The molecular weight excluding hydrogens is 485 g/mol. The molecule has 4 aromatic rings. The highest BCUT2D eigenvalue weighted by atomic mass is 32.2. The number of nitrogens with zero attached hydrogens (tertiary/aromatic N) is 3. The molecule has 0 bridgehead atoms. The van der Waals surface area contributed by atoms with Gasteiger partial charge >= 0.3 is 6.18 Å². The normalized spacial score (nSPS) is 11.4. The number of halogens is 3. The van der Waals surface area contributed by atoms with Crippen molar-refractivity contribution in [3.8, 4) is 17.1 Å². The average molecular weight is 511 g/mol. The maximum atomic E-state index is 12.9. The highest BCUT2D eigenvalue weighted by molar-refractivity contribution is 7.99. The standard InChI is InChI=1S/C27H25F3N4OS/c1-19-12-14-21(15-13-19)25-32-33-26(34(25)23-9-3-2-4-10-23)36-16-6-11-24(35)31-18-20-7-5-8-22(17-20)27(28,29)30/h2-5,7-10,12-15,17H,6,11,16,18H2,1H3,(H,31,35). The number of carbonyl (C=O) groups excluding carboxylic acids is 1. The van der Waals surface area contributed by atoms with Crippen LogP contribution in [0.5, 0.6) is 0 Å². The Labute approximate surface area is 211 Å². The minimum absolute atomic E-state index is 0.0537. The highest BCUT2D eigenvalue weighted by Crippen LogP contribution is 2.30. The molecule has 0 unspecified atom stereocenters. The van der Waals surface area contributed by atoms with Gasteiger partial charge in [0.05, 0.1) is 5.56 Å². The van der Waals surface area contributed by atoms with Gasteiger partial charge in [0, 0.05) is 30.0 Å². The fourth-order valence-corrected chi connectivity index (χ4v) is 4.50. The van der Waals surface area contributed by atoms with Crippen LogP contribution in [0.4, 0.5) is 13.2 Å². The number of amides is 1. The SMILES string of the molecule is Cc1ccc(-c2nnc(SCCCC(=O)NCc3cccc(C(F)(F)F)c3)n2-c2ccccc2)cc1. The van der Waals surface area contributed by atoms with Crippen LogP contribution >= 0.6 is 11.8 Å². The first-order valence-electron chi connectivity index (χ1n) is 11.4. The van der Waals surface area contributed by atoms with Crippen molar-refractivity contribution in [3.05, 3.63) is 95.6 Å². The Kier molecular flexibility index (Phi) is 8.10. The number of alkyl halides is 3. The van der Waals surface area contributed by atoms with Crippen LogP contribution in [0.15, 0.2) is 84.0 Å². The summed E-state index contributed by atoms with van der Waals surface area (Å²) >= 11 is 1.51. The number of benzene rings is 3. The Morgan fingerprint density at radius 1 is 0.972 bits per heavy atom. The molecule has 1 heterocycles. The molecule has 1 amide bonds. The third kappa shape index (κ3) is 6.54. The predicted octanol–water partition coefficient (Wildman–Crippen LogP) is 6.45. The van der Waals surface area contributed by atoms with E-state index in [1.807, 2.05) is 66.1 Å². The summed E-state index contributed by atoms with van der Waals surface area (Å²) < 4.78 is 40.6. The molecule has 5 nitrogen and oxygen atoms in total. The number of nitrogens with one attached hydrogen (secondary N) is 1. The van der Waals surface area contributed by atoms with Gasteiger partial charge < -0.3 is 5.32 Å². The van der Waals surface area contributed by atoms with Crippen molar-refractivity contribution in [2.24, 2.45) is 0 Å². The van der Waals surface area contributed by atoms with E-state index in [-0.39, 0.29) is 18.9 Å². The molecule has 3 aromatic carbocycles. The summed E-state index contributed by atoms with van der Waals surface area (Å²) in [5, 5.41) is 12.2. The van der Waals surface area contributed by atoms with Crippen LogP contribution < -0.4 is 5.32 Å². The first-order chi connectivity index (χ1) is 17.3. The largest absolute Gasteiger partial charge is 0.416 e. The molecule has 0 saturated carbocycles. The Morgan fingerprint density at radius 2 is 1.72 bits per heavy atom. The smallest absolute Gasteiger partial charge is 0.352 e. The third-order valence-corrected chi connectivity index (χ3v) is 6.50. The quantitative estimate of drug-likeness (QED) is 0.208. The summed E-state index contributed by atoms with van der Waals surface area (Å²) in [6.45, 7) is 2.08. The maximum Gasteiger partial charge on any atom is 0.416 e. The van der Waals surface area contributed by atoms with E-state index < -0.39 is 11.7 Å². The van der Waals surface area contributed by atoms with Gasteiger partial charge in [-0.15, -0.1) is 10.2 Å². The van der Waals surface area contributed by atoms with Gasteiger partial charge in [-0.05, 0) is 43.2 Å². The summed E-state index contributed by atoms with van der Waals surface area (Å²) in [4.78, 5) is 12.2. The molecule has 1 N–H and O–H groups in total. The number of hydrogen-bond donors (Lipinski definition) is 1. The van der Waals surface area contributed by atoms with E-state index in [0.29, 0.717) is 17.7 Å². The predicted molar refractivity (Wildman–Crippen MR) is 135 cm³/mol. The van der Waals surface area contributed by atoms with Gasteiger partial charge in [0.15, 0.2) is 11.0 Å². The number of para-hydroxylation sites is 1. The summed E-state index contributed by atoms with van der Waals surface area (Å²) in [6.07, 6.45) is -3.56. The highest BCUT2D eigenvalue weighted by Gasteiger charge is 2.30. The molecule has 0 saturated heterocycles. The van der Waals surface area contributed by atoms with Crippen LogP contribution in [0.2, 0.25) is 0 Å². The fraction of sp³-hybridized carbons (Fsp3) is 0.222. The lowest BCUT2D eigenvalue weighted by atomic mass is 10.1.